The number of anilines is 1. The summed E-state index contributed by atoms with van der Waals surface area (Å²) in [5.74, 6) is 6.15. The van der Waals surface area contributed by atoms with Gasteiger partial charge in [-0.25, -0.2) is 0 Å². The highest BCUT2D eigenvalue weighted by molar-refractivity contribution is 5.73. The minimum Gasteiger partial charge on any atom is -0.406 e. The van der Waals surface area contributed by atoms with Gasteiger partial charge in [0.2, 0.25) is 6.20 Å². The van der Waals surface area contributed by atoms with Crippen LogP contribution >= 0.6 is 0 Å². The Labute approximate surface area is 117 Å². The maximum absolute atomic E-state index is 5.40. The van der Waals surface area contributed by atoms with Crippen molar-refractivity contribution in [3.8, 4) is 22.6 Å². The molecule has 1 aromatic heterocycles. The zero-order valence-corrected chi connectivity index (χ0v) is 11.2. The lowest BCUT2D eigenvalue weighted by Crippen LogP contribution is -2.06. The number of hydrogen-bond acceptors (Lipinski definition) is 3. The smallest absolute Gasteiger partial charge is 0.378 e. The van der Waals surface area contributed by atoms with E-state index in [0.717, 1.165) is 22.7 Å². The van der Waals surface area contributed by atoms with Gasteiger partial charge < -0.3 is 9.84 Å². The van der Waals surface area contributed by atoms with E-state index in [1.165, 1.54) is 11.1 Å². The lowest BCUT2D eigenvalue weighted by Gasteiger charge is -2.08. The first-order valence-electron chi connectivity index (χ1n) is 6.41. The number of nitrogens with two attached hydrogens (primary N) is 1. The number of hydrazine groups is 1. The summed E-state index contributed by atoms with van der Waals surface area (Å²) in [5.41, 5.74) is 8.09. The molecular formula is C16H16N3O+. The Bertz CT molecular complexity index is 703. The first kappa shape index (κ1) is 12.4. The standard InChI is InChI=1S/C16H15N3O/c1-11-2-3-13(16-18-8-9-20-16)10-15(11)12-4-6-14(19-17)7-5-12/h2-10,19H,17H2,1H3/p+1. The molecule has 0 fully saturated rings. The van der Waals surface area contributed by atoms with Crippen LogP contribution in [0.4, 0.5) is 5.69 Å². The van der Waals surface area contributed by atoms with Gasteiger partial charge in [0, 0.05) is 5.69 Å². The van der Waals surface area contributed by atoms with Gasteiger partial charge in [-0.3, -0.25) is 5.84 Å². The molecule has 1 heterocycles. The van der Waals surface area contributed by atoms with Crippen molar-refractivity contribution >= 4 is 5.69 Å². The van der Waals surface area contributed by atoms with Crippen molar-refractivity contribution in [1.82, 2.24) is 0 Å². The van der Waals surface area contributed by atoms with Gasteiger partial charge in [0.1, 0.15) is 0 Å². The topological polar surface area (TPSA) is 65.3 Å². The SMILES string of the molecule is Cc1ccc(-c2[nH+]cco2)cc1-c1ccc(NN)cc1. The van der Waals surface area contributed by atoms with Crippen molar-refractivity contribution in [2.24, 2.45) is 5.84 Å². The molecule has 0 saturated heterocycles. The van der Waals surface area contributed by atoms with Crippen LogP contribution in [0.2, 0.25) is 0 Å². The summed E-state index contributed by atoms with van der Waals surface area (Å²) in [6.07, 6.45) is 3.41. The molecule has 0 saturated carbocycles. The van der Waals surface area contributed by atoms with Gasteiger partial charge in [-0.1, -0.05) is 18.2 Å². The molecule has 0 radical (unpaired) electrons. The fraction of sp³-hybridized carbons (Fsp3) is 0.0625. The number of aryl methyl sites for hydroxylation is 1. The predicted molar refractivity (Wildman–Crippen MR) is 78.7 cm³/mol. The second kappa shape index (κ2) is 5.19. The van der Waals surface area contributed by atoms with Gasteiger partial charge in [-0.15, -0.1) is 0 Å². The minimum absolute atomic E-state index is 0.756. The minimum atomic E-state index is 0.756. The summed E-state index contributed by atoms with van der Waals surface area (Å²) < 4.78 is 5.40. The van der Waals surface area contributed by atoms with E-state index in [1.54, 1.807) is 12.5 Å². The van der Waals surface area contributed by atoms with Crippen LogP contribution in [-0.4, -0.2) is 0 Å². The zero-order valence-electron chi connectivity index (χ0n) is 11.2. The van der Waals surface area contributed by atoms with Crippen LogP contribution in [0.1, 0.15) is 5.56 Å². The summed E-state index contributed by atoms with van der Waals surface area (Å²) in [4.78, 5) is 3.08. The molecule has 4 heteroatoms. The van der Waals surface area contributed by atoms with E-state index in [9.17, 15) is 0 Å². The lowest BCUT2D eigenvalue weighted by molar-refractivity contribution is -0.368. The first-order valence-corrected chi connectivity index (χ1v) is 6.41. The lowest BCUT2D eigenvalue weighted by atomic mass is 9.98. The maximum atomic E-state index is 5.40. The number of benzene rings is 2. The van der Waals surface area contributed by atoms with Crippen molar-refractivity contribution in [1.29, 1.82) is 0 Å². The largest absolute Gasteiger partial charge is 0.406 e. The third-order valence-electron chi connectivity index (χ3n) is 3.33. The third kappa shape index (κ3) is 2.29. The van der Waals surface area contributed by atoms with E-state index < -0.39 is 0 Å². The second-order valence-electron chi connectivity index (χ2n) is 4.65. The van der Waals surface area contributed by atoms with E-state index in [-0.39, 0.29) is 0 Å². The van der Waals surface area contributed by atoms with Gasteiger partial charge in [0.15, 0.2) is 6.26 Å². The van der Waals surface area contributed by atoms with Crippen LogP contribution in [0.25, 0.3) is 22.6 Å². The number of aromatic amines is 1. The number of rotatable bonds is 3. The van der Waals surface area contributed by atoms with E-state index in [0.29, 0.717) is 0 Å². The van der Waals surface area contributed by atoms with Gasteiger partial charge in [0.25, 0.3) is 0 Å². The Hall–Kier alpha value is -2.59. The summed E-state index contributed by atoms with van der Waals surface area (Å²) in [6.45, 7) is 2.10. The normalized spacial score (nSPS) is 10.5. The Balaban J connectivity index is 2.05. The van der Waals surface area contributed by atoms with E-state index in [2.05, 4.69) is 29.5 Å². The van der Waals surface area contributed by atoms with E-state index in [4.69, 9.17) is 10.3 Å². The van der Waals surface area contributed by atoms with Crippen molar-refractivity contribution in [2.75, 3.05) is 5.43 Å². The molecule has 0 spiro atoms. The highest BCUT2D eigenvalue weighted by atomic mass is 16.3. The summed E-state index contributed by atoms with van der Waals surface area (Å²) in [6, 6.07) is 14.3. The van der Waals surface area contributed by atoms with Crippen molar-refractivity contribution in [3.05, 3.63) is 60.5 Å². The van der Waals surface area contributed by atoms with Crippen LogP contribution in [0.15, 0.2) is 59.3 Å². The van der Waals surface area contributed by atoms with E-state index in [1.807, 2.05) is 30.3 Å². The molecule has 2 aromatic carbocycles. The van der Waals surface area contributed by atoms with Gasteiger partial charge in [0.05, 0.1) is 5.56 Å². The average Bonchev–Trinajstić information content (AvgIpc) is 3.02. The fourth-order valence-electron chi connectivity index (χ4n) is 2.22. The van der Waals surface area contributed by atoms with Gasteiger partial charge >= 0.3 is 5.89 Å². The molecule has 4 nitrogen and oxygen atoms in total. The highest BCUT2D eigenvalue weighted by Gasteiger charge is 2.11. The second-order valence-corrected chi connectivity index (χ2v) is 4.65. The van der Waals surface area contributed by atoms with Crippen LogP contribution in [0, 0.1) is 6.92 Å². The molecule has 20 heavy (non-hydrogen) atoms. The number of nitrogens with one attached hydrogen (secondary N) is 2. The van der Waals surface area contributed by atoms with Gasteiger partial charge in [-0.2, -0.15) is 4.98 Å². The molecule has 0 aliphatic heterocycles. The van der Waals surface area contributed by atoms with Gasteiger partial charge in [-0.05, 0) is 47.9 Å². The number of hydrogen-bond donors (Lipinski definition) is 2. The summed E-state index contributed by atoms with van der Waals surface area (Å²) in [5, 5.41) is 0. The molecule has 0 amide bonds. The molecule has 3 rings (SSSR count). The third-order valence-corrected chi connectivity index (χ3v) is 3.33. The Morgan fingerprint density at radius 3 is 2.45 bits per heavy atom. The number of aromatic nitrogens is 1. The van der Waals surface area contributed by atoms with Crippen molar-refractivity contribution in [3.63, 3.8) is 0 Å². The first-order chi connectivity index (χ1) is 9.78. The Morgan fingerprint density at radius 2 is 1.80 bits per heavy atom. The van der Waals surface area contributed by atoms with Crippen LogP contribution < -0.4 is 16.3 Å². The quantitative estimate of drug-likeness (QED) is 0.565. The number of oxazole rings is 1. The van der Waals surface area contributed by atoms with Crippen LogP contribution in [0.5, 0.6) is 0 Å². The monoisotopic (exact) mass is 266 g/mol. The molecule has 0 aliphatic rings. The highest BCUT2D eigenvalue weighted by Crippen LogP contribution is 2.28. The number of nitrogen functional groups attached to an aromatic ring is 1. The summed E-state index contributed by atoms with van der Waals surface area (Å²) >= 11 is 0. The molecule has 0 aliphatic carbocycles. The molecule has 4 N–H and O–H groups in total. The van der Waals surface area contributed by atoms with Crippen molar-refractivity contribution < 1.29 is 9.40 Å². The molecule has 0 bridgehead atoms. The predicted octanol–water partition coefficient (Wildman–Crippen LogP) is 3.02. The van der Waals surface area contributed by atoms with Crippen LogP contribution in [-0.2, 0) is 0 Å². The number of H-pyrrole nitrogens is 1. The molecule has 100 valence electrons. The average molecular weight is 266 g/mol. The summed E-state index contributed by atoms with van der Waals surface area (Å²) in [7, 11) is 0. The van der Waals surface area contributed by atoms with Crippen LogP contribution in [0.3, 0.4) is 0 Å². The zero-order chi connectivity index (χ0) is 13.9. The molecular weight excluding hydrogens is 250 g/mol. The van der Waals surface area contributed by atoms with Crippen molar-refractivity contribution in [2.45, 2.75) is 6.92 Å². The Kier molecular flexibility index (Phi) is 3.23. The molecule has 3 aromatic rings. The fourth-order valence-corrected chi connectivity index (χ4v) is 2.22. The Morgan fingerprint density at radius 1 is 1.05 bits per heavy atom. The maximum Gasteiger partial charge on any atom is 0.378 e. The molecule has 0 unspecified atom stereocenters. The van der Waals surface area contributed by atoms with E-state index >= 15 is 0 Å². The molecule has 0 atom stereocenters.